The van der Waals surface area contributed by atoms with E-state index in [1.807, 2.05) is 48.7 Å². The van der Waals surface area contributed by atoms with Gasteiger partial charge in [0.25, 0.3) is 0 Å². The summed E-state index contributed by atoms with van der Waals surface area (Å²) < 4.78 is 1.95. The number of pyridine rings is 1. The Labute approximate surface area is 196 Å². The van der Waals surface area contributed by atoms with Crippen molar-refractivity contribution in [2.45, 2.75) is 25.9 Å². The Hall–Kier alpha value is -3.78. The highest BCUT2D eigenvalue weighted by atomic mass is 32.2. The minimum absolute atomic E-state index is 0.0380. The van der Waals surface area contributed by atoms with Crippen LogP contribution in [0.1, 0.15) is 28.4 Å². The van der Waals surface area contributed by atoms with Crippen molar-refractivity contribution in [2.75, 3.05) is 11.1 Å². The predicted octanol–water partition coefficient (Wildman–Crippen LogP) is 4.88. The van der Waals surface area contributed by atoms with Crippen LogP contribution in [-0.2, 0) is 4.79 Å². The van der Waals surface area contributed by atoms with E-state index in [0.29, 0.717) is 27.9 Å². The van der Waals surface area contributed by atoms with E-state index in [4.69, 9.17) is 0 Å². The molecule has 0 bridgehead atoms. The fourth-order valence-corrected chi connectivity index (χ4v) is 4.29. The molecule has 2 heterocycles. The summed E-state index contributed by atoms with van der Waals surface area (Å²) >= 11 is 1.33. The predicted molar refractivity (Wildman–Crippen MR) is 130 cm³/mol. The van der Waals surface area contributed by atoms with Gasteiger partial charge >= 0.3 is 0 Å². The van der Waals surface area contributed by atoms with Crippen molar-refractivity contribution in [3.63, 3.8) is 0 Å². The number of carbonyl (C=O) groups excluding carboxylic acids is 2. The number of amides is 1. The quantitative estimate of drug-likeness (QED) is 0.314. The van der Waals surface area contributed by atoms with Gasteiger partial charge in [0.15, 0.2) is 16.8 Å². The molecule has 8 heteroatoms. The molecule has 0 unspecified atom stereocenters. The Kier molecular flexibility index (Phi) is 6.65. The van der Waals surface area contributed by atoms with Gasteiger partial charge < -0.3 is 5.32 Å². The first-order valence-corrected chi connectivity index (χ1v) is 11.4. The van der Waals surface area contributed by atoms with E-state index in [9.17, 15) is 9.59 Å². The molecule has 0 saturated heterocycles. The van der Waals surface area contributed by atoms with Crippen LogP contribution in [0.15, 0.2) is 72.0 Å². The third-order valence-electron chi connectivity index (χ3n) is 4.98. The number of aryl methyl sites for hydroxylation is 2. The second-order valence-electron chi connectivity index (χ2n) is 7.62. The van der Waals surface area contributed by atoms with Crippen LogP contribution in [0.2, 0.25) is 0 Å². The zero-order valence-corrected chi connectivity index (χ0v) is 19.4. The average Bonchev–Trinajstić information content (AvgIpc) is 3.22. The zero-order chi connectivity index (χ0) is 23.4. The number of ketones is 1. The zero-order valence-electron chi connectivity index (χ0n) is 18.6. The first kappa shape index (κ1) is 22.4. The van der Waals surface area contributed by atoms with Gasteiger partial charge in [-0.3, -0.25) is 19.1 Å². The van der Waals surface area contributed by atoms with Crippen LogP contribution in [0, 0.1) is 13.8 Å². The summed E-state index contributed by atoms with van der Waals surface area (Å²) in [4.78, 5) is 28.4. The van der Waals surface area contributed by atoms with E-state index in [1.54, 1.807) is 30.5 Å². The molecule has 166 valence electrons. The van der Waals surface area contributed by atoms with Crippen molar-refractivity contribution in [3.8, 4) is 17.2 Å². The molecular formula is C25H23N5O2S. The molecule has 0 spiro atoms. The van der Waals surface area contributed by atoms with Crippen LogP contribution in [0.4, 0.5) is 5.69 Å². The third kappa shape index (κ3) is 5.18. The lowest BCUT2D eigenvalue weighted by Crippen LogP contribution is -2.08. The van der Waals surface area contributed by atoms with E-state index >= 15 is 0 Å². The molecule has 0 aliphatic rings. The molecule has 0 saturated carbocycles. The van der Waals surface area contributed by atoms with Gasteiger partial charge in [-0.05, 0) is 61.9 Å². The van der Waals surface area contributed by atoms with Gasteiger partial charge in [0.1, 0.15) is 5.69 Å². The summed E-state index contributed by atoms with van der Waals surface area (Å²) in [7, 11) is 0. The monoisotopic (exact) mass is 457 g/mol. The minimum Gasteiger partial charge on any atom is -0.326 e. The van der Waals surface area contributed by atoms with Crippen LogP contribution in [0.3, 0.4) is 0 Å². The molecule has 2 aromatic heterocycles. The number of nitrogens with zero attached hydrogens (tertiary/aromatic N) is 4. The van der Waals surface area contributed by atoms with Gasteiger partial charge in [-0.15, -0.1) is 10.2 Å². The van der Waals surface area contributed by atoms with Gasteiger partial charge in [0.2, 0.25) is 5.91 Å². The summed E-state index contributed by atoms with van der Waals surface area (Å²) in [5, 5.41) is 12.1. The van der Waals surface area contributed by atoms with Crippen molar-refractivity contribution in [2.24, 2.45) is 0 Å². The molecule has 7 nitrogen and oxygen atoms in total. The first-order valence-electron chi connectivity index (χ1n) is 10.4. The highest BCUT2D eigenvalue weighted by Gasteiger charge is 2.19. The van der Waals surface area contributed by atoms with Crippen molar-refractivity contribution < 1.29 is 9.59 Å². The summed E-state index contributed by atoms with van der Waals surface area (Å²) in [5.74, 6) is 0.630. The normalized spacial score (nSPS) is 10.8. The van der Waals surface area contributed by atoms with Gasteiger partial charge in [0.05, 0.1) is 11.4 Å². The molecule has 0 aliphatic heterocycles. The lowest BCUT2D eigenvalue weighted by molar-refractivity contribution is -0.114. The second-order valence-corrected chi connectivity index (χ2v) is 8.56. The average molecular weight is 458 g/mol. The molecule has 0 aliphatic carbocycles. The van der Waals surface area contributed by atoms with E-state index in [2.05, 4.69) is 26.6 Å². The van der Waals surface area contributed by atoms with E-state index in [0.717, 1.165) is 16.8 Å². The van der Waals surface area contributed by atoms with Gasteiger partial charge in [-0.25, -0.2) is 0 Å². The number of Topliss-reactive ketones (excluding diaryl/α,β-unsaturated/α-hetero) is 1. The molecule has 33 heavy (non-hydrogen) atoms. The Bertz CT molecular complexity index is 1300. The maximum atomic E-state index is 12.8. The smallest absolute Gasteiger partial charge is 0.221 e. The summed E-state index contributed by atoms with van der Waals surface area (Å²) in [6.45, 7) is 5.54. The van der Waals surface area contributed by atoms with Crippen molar-refractivity contribution >= 4 is 29.1 Å². The number of thioether (sulfide) groups is 1. The highest BCUT2D eigenvalue weighted by Crippen LogP contribution is 2.29. The number of hydrogen-bond donors (Lipinski definition) is 1. The fraction of sp³-hybridized carbons (Fsp3) is 0.160. The van der Waals surface area contributed by atoms with Gasteiger partial charge in [0, 0.05) is 24.4 Å². The molecule has 4 aromatic rings. The summed E-state index contributed by atoms with van der Waals surface area (Å²) in [5.41, 5.74) is 5.11. The molecule has 0 atom stereocenters. The number of benzene rings is 2. The topological polar surface area (TPSA) is 89.8 Å². The summed E-state index contributed by atoms with van der Waals surface area (Å²) in [6.07, 6.45) is 1.72. The maximum Gasteiger partial charge on any atom is 0.221 e. The second kappa shape index (κ2) is 9.79. The first-order chi connectivity index (χ1) is 15.9. The summed E-state index contributed by atoms with van der Waals surface area (Å²) in [6, 6.07) is 18.7. The minimum atomic E-state index is -0.154. The van der Waals surface area contributed by atoms with Crippen LogP contribution in [-0.4, -0.2) is 37.2 Å². The molecule has 0 fully saturated rings. The van der Waals surface area contributed by atoms with Crippen LogP contribution in [0.25, 0.3) is 17.2 Å². The number of aromatic nitrogens is 4. The van der Waals surface area contributed by atoms with Crippen LogP contribution >= 0.6 is 11.8 Å². The molecule has 2 aromatic carbocycles. The van der Waals surface area contributed by atoms with E-state index < -0.39 is 0 Å². The van der Waals surface area contributed by atoms with Crippen molar-refractivity contribution in [1.29, 1.82) is 0 Å². The van der Waals surface area contributed by atoms with Crippen LogP contribution < -0.4 is 5.32 Å². The maximum absolute atomic E-state index is 12.8. The molecule has 1 N–H and O–H groups in total. The number of nitrogens with one attached hydrogen (secondary N) is 1. The fourth-order valence-electron chi connectivity index (χ4n) is 3.45. The molecule has 4 rings (SSSR count). The largest absolute Gasteiger partial charge is 0.326 e. The Morgan fingerprint density at radius 2 is 1.79 bits per heavy atom. The number of rotatable bonds is 7. The Morgan fingerprint density at radius 1 is 1.00 bits per heavy atom. The lowest BCUT2D eigenvalue weighted by atomic mass is 10.1. The SMILES string of the molecule is CC(=O)Nc1ccc(C(=O)CSc2nnc(-c3ccccn3)n2-c2ccc(C)cc2C)cc1. The lowest BCUT2D eigenvalue weighted by Gasteiger charge is -2.13. The van der Waals surface area contributed by atoms with Crippen molar-refractivity contribution in [3.05, 3.63) is 83.6 Å². The van der Waals surface area contributed by atoms with Gasteiger partial charge in [-0.1, -0.05) is 35.5 Å². The standard InChI is InChI=1S/C25H23N5O2S/c1-16-7-12-22(17(2)14-16)30-24(21-6-4-5-13-26-21)28-29-25(30)33-15-23(32)19-8-10-20(11-9-19)27-18(3)31/h4-14H,15H2,1-3H3,(H,27,31). The van der Waals surface area contributed by atoms with Crippen molar-refractivity contribution in [1.82, 2.24) is 19.7 Å². The Balaban J connectivity index is 1.62. The number of hydrogen-bond acceptors (Lipinski definition) is 6. The van der Waals surface area contributed by atoms with Crippen LogP contribution in [0.5, 0.6) is 0 Å². The van der Waals surface area contributed by atoms with E-state index in [1.165, 1.54) is 18.7 Å². The van der Waals surface area contributed by atoms with Gasteiger partial charge in [-0.2, -0.15) is 0 Å². The molecule has 0 radical (unpaired) electrons. The van der Waals surface area contributed by atoms with E-state index in [-0.39, 0.29) is 17.4 Å². The third-order valence-corrected chi connectivity index (χ3v) is 5.91. The molecule has 1 amide bonds. The number of carbonyl (C=O) groups is 2. The Morgan fingerprint density at radius 3 is 2.45 bits per heavy atom. The molecular weight excluding hydrogens is 434 g/mol. The number of anilines is 1. The highest BCUT2D eigenvalue weighted by molar-refractivity contribution is 7.99.